The third-order valence-corrected chi connectivity index (χ3v) is 4.13. The molecule has 2 aliphatic rings. The van der Waals surface area contributed by atoms with Gasteiger partial charge >= 0.3 is 0 Å². The summed E-state index contributed by atoms with van der Waals surface area (Å²) in [5, 5.41) is 3.33. The number of hydrogen-bond acceptors (Lipinski definition) is 3. The number of carbonyl (C=O) groups excluding carboxylic acids is 1. The van der Waals surface area contributed by atoms with Crippen LogP contribution in [0.2, 0.25) is 0 Å². The van der Waals surface area contributed by atoms with Gasteiger partial charge in [-0.25, -0.2) is 4.98 Å². The summed E-state index contributed by atoms with van der Waals surface area (Å²) in [5.74, 6) is 1.15. The van der Waals surface area contributed by atoms with Crippen LogP contribution in [0.5, 0.6) is 0 Å². The van der Waals surface area contributed by atoms with Crippen LogP contribution in [0.4, 0.5) is 5.69 Å². The average Bonchev–Trinajstić information content (AvgIpc) is 3.11. The summed E-state index contributed by atoms with van der Waals surface area (Å²) < 4.78 is 2.11. The number of benzene rings is 1. The van der Waals surface area contributed by atoms with Gasteiger partial charge in [-0.1, -0.05) is 18.2 Å². The Morgan fingerprint density at radius 2 is 2.20 bits per heavy atom. The smallest absolute Gasteiger partial charge is 0.245 e. The number of rotatable bonds is 1. The molecule has 0 saturated heterocycles. The number of fused-ring (bicyclic) bond motifs is 2. The SMILES string of the molecule is O=C(C1Cc2ccccc2N1)N1CCn2ccnc2C1. The molecule has 0 spiro atoms. The third-order valence-electron chi connectivity index (χ3n) is 4.13. The molecular weight excluding hydrogens is 252 g/mol. The Morgan fingerprint density at radius 3 is 3.10 bits per heavy atom. The van der Waals surface area contributed by atoms with E-state index >= 15 is 0 Å². The van der Waals surface area contributed by atoms with Crippen LogP contribution in [-0.4, -0.2) is 32.9 Å². The predicted molar refractivity (Wildman–Crippen MR) is 75.2 cm³/mol. The van der Waals surface area contributed by atoms with Crippen molar-refractivity contribution in [3.8, 4) is 0 Å². The van der Waals surface area contributed by atoms with Crippen LogP contribution in [0.3, 0.4) is 0 Å². The molecule has 4 rings (SSSR count). The molecule has 0 fully saturated rings. The molecule has 102 valence electrons. The van der Waals surface area contributed by atoms with E-state index in [4.69, 9.17) is 0 Å². The largest absolute Gasteiger partial charge is 0.373 e. The lowest BCUT2D eigenvalue weighted by Crippen LogP contribution is -2.45. The molecule has 2 aromatic rings. The molecule has 1 unspecified atom stereocenters. The highest BCUT2D eigenvalue weighted by molar-refractivity contribution is 5.87. The molecule has 1 atom stereocenters. The van der Waals surface area contributed by atoms with Gasteiger partial charge in [0.1, 0.15) is 11.9 Å². The predicted octanol–water partition coefficient (Wildman–Crippen LogP) is 1.26. The summed E-state index contributed by atoms with van der Waals surface area (Å²) in [6.07, 6.45) is 4.55. The number of amides is 1. The van der Waals surface area contributed by atoms with Crippen molar-refractivity contribution in [2.24, 2.45) is 0 Å². The summed E-state index contributed by atoms with van der Waals surface area (Å²) in [7, 11) is 0. The van der Waals surface area contributed by atoms with Crippen LogP contribution in [0.1, 0.15) is 11.4 Å². The van der Waals surface area contributed by atoms with E-state index < -0.39 is 0 Å². The number of carbonyl (C=O) groups is 1. The topological polar surface area (TPSA) is 50.2 Å². The molecule has 5 heteroatoms. The van der Waals surface area contributed by atoms with Gasteiger partial charge in [-0.2, -0.15) is 0 Å². The van der Waals surface area contributed by atoms with Crippen molar-refractivity contribution < 1.29 is 4.79 Å². The molecule has 0 radical (unpaired) electrons. The summed E-state index contributed by atoms with van der Waals surface area (Å²) in [6, 6.07) is 8.00. The number of imidazole rings is 1. The number of nitrogens with zero attached hydrogens (tertiary/aromatic N) is 3. The molecule has 3 heterocycles. The Labute approximate surface area is 117 Å². The third kappa shape index (κ3) is 1.78. The quantitative estimate of drug-likeness (QED) is 0.847. The average molecular weight is 268 g/mol. The van der Waals surface area contributed by atoms with E-state index in [2.05, 4.69) is 20.9 Å². The molecule has 0 bridgehead atoms. The highest BCUT2D eigenvalue weighted by atomic mass is 16.2. The highest BCUT2D eigenvalue weighted by Gasteiger charge is 2.31. The van der Waals surface area contributed by atoms with Gasteiger partial charge in [0.2, 0.25) is 5.91 Å². The summed E-state index contributed by atoms with van der Waals surface area (Å²) >= 11 is 0. The van der Waals surface area contributed by atoms with Crippen LogP contribution in [0.25, 0.3) is 0 Å². The van der Waals surface area contributed by atoms with Gasteiger partial charge in [0.05, 0.1) is 6.54 Å². The first-order valence-corrected chi connectivity index (χ1v) is 6.94. The zero-order chi connectivity index (χ0) is 13.5. The van der Waals surface area contributed by atoms with Crippen molar-refractivity contribution in [3.05, 3.63) is 48.0 Å². The summed E-state index contributed by atoms with van der Waals surface area (Å²) in [6.45, 7) is 2.21. The first-order valence-electron chi connectivity index (χ1n) is 6.94. The standard InChI is InChI=1S/C15H16N4O/c20-15(13-9-11-3-1-2-4-12(11)17-13)19-8-7-18-6-5-16-14(18)10-19/h1-6,13,17H,7-10H2. The van der Waals surface area contributed by atoms with Crippen molar-refractivity contribution in [2.75, 3.05) is 11.9 Å². The fourth-order valence-electron chi connectivity index (χ4n) is 3.03. The van der Waals surface area contributed by atoms with Crippen LogP contribution in [0, 0.1) is 0 Å². The van der Waals surface area contributed by atoms with E-state index in [1.165, 1.54) is 5.56 Å². The summed E-state index contributed by atoms with van der Waals surface area (Å²) in [5.41, 5.74) is 2.31. The lowest BCUT2D eigenvalue weighted by atomic mass is 10.1. The Bertz CT molecular complexity index is 634. The zero-order valence-corrected chi connectivity index (χ0v) is 11.1. The fraction of sp³-hybridized carbons (Fsp3) is 0.333. The van der Waals surface area contributed by atoms with E-state index in [0.717, 1.165) is 31.0 Å². The number of para-hydroxylation sites is 1. The molecule has 20 heavy (non-hydrogen) atoms. The number of nitrogens with one attached hydrogen (secondary N) is 1. The Morgan fingerprint density at radius 1 is 1.30 bits per heavy atom. The minimum Gasteiger partial charge on any atom is -0.373 e. The molecular formula is C15H16N4O. The zero-order valence-electron chi connectivity index (χ0n) is 11.1. The summed E-state index contributed by atoms with van der Waals surface area (Å²) in [4.78, 5) is 18.8. The lowest BCUT2D eigenvalue weighted by Gasteiger charge is -2.29. The van der Waals surface area contributed by atoms with Gasteiger partial charge in [0.15, 0.2) is 0 Å². The van der Waals surface area contributed by atoms with Crippen molar-refractivity contribution >= 4 is 11.6 Å². The second kappa shape index (κ2) is 4.37. The molecule has 1 amide bonds. The minimum atomic E-state index is -0.131. The molecule has 2 aliphatic heterocycles. The van der Waals surface area contributed by atoms with E-state index in [0.29, 0.717) is 6.54 Å². The van der Waals surface area contributed by atoms with E-state index in [1.807, 2.05) is 29.3 Å². The number of anilines is 1. The van der Waals surface area contributed by atoms with Gasteiger partial charge in [-0.05, 0) is 11.6 Å². The Kier molecular flexibility index (Phi) is 2.52. The maximum atomic E-state index is 12.6. The van der Waals surface area contributed by atoms with E-state index in [1.54, 1.807) is 6.20 Å². The van der Waals surface area contributed by atoms with Crippen LogP contribution in [0.15, 0.2) is 36.7 Å². The molecule has 5 nitrogen and oxygen atoms in total. The van der Waals surface area contributed by atoms with Crippen LogP contribution < -0.4 is 5.32 Å². The first kappa shape index (κ1) is 11.5. The van der Waals surface area contributed by atoms with Gasteiger partial charge in [0, 0.05) is 37.6 Å². The van der Waals surface area contributed by atoms with Crippen molar-refractivity contribution in [1.29, 1.82) is 0 Å². The Balaban J connectivity index is 1.50. The van der Waals surface area contributed by atoms with E-state index in [-0.39, 0.29) is 11.9 Å². The maximum absolute atomic E-state index is 12.6. The van der Waals surface area contributed by atoms with Gasteiger partial charge < -0.3 is 14.8 Å². The van der Waals surface area contributed by atoms with Gasteiger partial charge in [-0.3, -0.25) is 4.79 Å². The van der Waals surface area contributed by atoms with Crippen molar-refractivity contribution in [3.63, 3.8) is 0 Å². The molecule has 1 aromatic carbocycles. The molecule has 0 saturated carbocycles. The monoisotopic (exact) mass is 268 g/mol. The van der Waals surface area contributed by atoms with Gasteiger partial charge in [0.25, 0.3) is 0 Å². The van der Waals surface area contributed by atoms with Gasteiger partial charge in [-0.15, -0.1) is 0 Å². The molecule has 1 N–H and O–H groups in total. The normalized spacial score (nSPS) is 20.2. The molecule has 1 aromatic heterocycles. The van der Waals surface area contributed by atoms with Crippen LogP contribution >= 0.6 is 0 Å². The second-order valence-electron chi connectivity index (χ2n) is 5.35. The van der Waals surface area contributed by atoms with Crippen LogP contribution in [-0.2, 0) is 24.3 Å². The second-order valence-corrected chi connectivity index (χ2v) is 5.35. The fourth-order valence-corrected chi connectivity index (χ4v) is 3.03. The maximum Gasteiger partial charge on any atom is 0.245 e. The van der Waals surface area contributed by atoms with E-state index in [9.17, 15) is 4.79 Å². The first-order chi connectivity index (χ1) is 9.81. The lowest BCUT2D eigenvalue weighted by molar-refractivity contribution is -0.133. The van der Waals surface area contributed by atoms with Crippen molar-refractivity contribution in [2.45, 2.75) is 25.6 Å². The van der Waals surface area contributed by atoms with Crippen molar-refractivity contribution in [1.82, 2.24) is 14.5 Å². The number of hydrogen-bond donors (Lipinski definition) is 1. The minimum absolute atomic E-state index is 0.131. The Hall–Kier alpha value is -2.30. The molecule has 0 aliphatic carbocycles. The number of aromatic nitrogens is 2. The highest BCUT2D eigenvalue weighted by Crippen LogP contribution is 2.26.